The first-order valence-electron chi connectivity index (χ1n) is 14.8. The number of amides is 1. The van der Waals surface area contributed by atoms with Crippen LogP contribution in [0.4, 0.5) is 5.69 Å². The molecule has 3 fully saturated rings. The van der Waals surface area contributed by atoms with Crippen LogP contribution in [0.2, 0.25) is 0 Å². The molecule has 1 amide bonds. The number of hydrogen-bond donors (Lipinski definition) is 4. The van der Waals surface area contributed by atoms with E-state index in [2.05, 4.69) is 30.4 Å². The Balaban J connectivity index is 1.20. The van der Waals surface area contributed by atoms with Crippen molar-refractivity contribution >= 4 is 23.3 Å². The molecule has 4 aliphatic rings. The predicted octanol–water partition coefficient (Wildman–Crippen LogP) is 4.28. The third-order valence-electron chi connectivity index (χ3n) is 11.2. The molecule has 0 bridgehead atoms. The smallest absolute Gasteiger partial charge is 0.329 e. The second-order valence-corrected chi connectivity index (χ2v) is 13.3. The van der Waals surface area contributed by atoms with Gasteiger partial charge in [-0.15, -0.1) is 0 Å². The first-order valence-corrected chi connectivity index (χ1v) is 14.8. The number of hydrogen-bond acceptors (Lipinski definition) is 8. The van der Waals surface area contributed by atoms with Crippen molar-refractivity contribution in [3.63, 3.8) is 0 Å². The summed E-state index contributed by atoms with van der Waals surface area (Å²) < 4.78 is 0. The number of aliphatic carboxylic acids is 1. The molecule has 0 aliphatic heterocycles. The summed E-state index contributed by atoms with van der Waals surface area (Å²) in [5, 5.41) is 48.7. The molecule has 228 valence electrons. The highest BCUT2D eigenvalue weighted by Crippen LogP contribution is 2.67. The number of carboxylic acid groups (broad SMARTS) is 1. The average Bonchev–Trinajstić information content (AvgIpc) is 3.19. The zero-order valence-electron chi connectivity index (χ0n) is 24.4. The summed E-state index contributed by atoms with van der Waals surface area (Å²) in [6.07, 6.45) is 8.22. The number of aliphatic hydroxyl groups excluding tert-OH is 1. The highest BCUT2D eigenvalue weighted by molar-refractivity contribution is 5.96. The number of benzene rings is 1. The third kappa shape index (κ3) is 5.21. The van der Waals surface area contributed by atoms with E-state index in [0.29, 0.717) is 24.2 Å². The molecule has 11 nitrogen and oxygen atoms in total. The second-order valence-electron chi connectivity index (χ2n) is 13.3. The number of nitrogens with zero attached hydrogens (tertiary/aromatic N) is 2. The SMILES string of the molecule is C[C@]12CC/C(=N/OCC(=O)N[C@H](C(=O)O)[C@H](O)c3cccc([N+](=O)[O-])c3)C=C1CC[C@H]1[C@H]3CC[C@](C)(O)[C@@]3(C)CC[C@@H]12. The van der Waals surface area contributed by atoms with Crippen LogP contribution in [0.5, 0.6) is 0 Å². The van der Waals surface area contributed by atoms with Crippen LogP contribution in [-0.4, -0.2) is 56.1 Å². The lowest BCUT2D eigenvalue weighted by Crippen LogP contribution is -2.53. The normalized spacial score (nSPS) is 36.1. The summed E-state index contributed by atoms with van der Waals surface area (Å²) >= 11 is 0. The highest BCUT2D eigenvalue weighted by Gasteiger charge is 2.62. The zero-order chi connectivity index (χ0) is 30.4. The van der Waals surface area contributed by atoms with Crippen molar-refractivity contribution in [2.45, 2.75) is 89.9 Å². The number of nitro benzene ring substituents is 1. The summed E-state index contributed by atoms with van der Waals surface area (Å²) in [4.78, 5) is 39.9. The van der Waals surface area contributed by atoms with Crippen molar-refractivity contribution in [2.75, 3.05) is 6.61 Å². The number of carbonyl (C=O) groups excluding carboxylic acids is 1. The van der Waals surface area contributed by atoms with Crippen molar-refractivity contribution in [1.82, 2.24) is 5.32 Å². The molecule has 0 spiro atoms. The Morgan fingerprint density at radius 1 is 1.14 bits per heavy atom. The summed E-state index contributed by atoms with van der Waals surface area (Å²) in [6.45, 7) is 6.14. The summed E-state index contributed by atoms with van der Waals surface area (Å²) in [5.74, 6) is -0.555. The first-order chi connectivity index (χ1) is 19.8. The van der Waals surface area contributed by atoms with Gasteiger partial charge >= 0.3 is 5.97 Å². The van der Waals surface area contributed by atoms with E-state index in [1.165, 1.54) is 23.8 Å². The predicted molar refractivity (Wildman–Crippen MR) is 153 cm³/mol. The van der Waals surface area contributed by atoms with Crippen LogP contribution < -0.4 is 5.32 Å². The van der Waals surface area contributed by atoms with Gasteiger partial charge in [0.15, 0.2) is 12.6 Å². The number of nitro groups is 1. The van der Waals surface area contributed by atoms with Gasteiger partial charge in [-0.1, -0.05) is 36.7 Å². The van der Waals surface area contributed by atoms with Crippen molar-refractivity contribution < 1.29 is 34.7 Å². The second kappa shape index (κ2) is 11.1. The van der Waals surface area contributed by atoms with Gasteiger partial charge in [-0.25, -0.2) is 4.79 Å². The maximum Gasteiger partial charge on any atom is 0.329 e. The van der Waals surface area contributed by atoms with Crippen LogP contribution in [0.1, 0.15) is 83.8 Å². The molecule has 0 aromatic heterocycles. The Hall–Kier alpha value is -3.31. The lowest BCUT2D eigenvalue weighted by molar-refractivity contribution is -0.385. The molecule has 0 unspecified atom stereocenters. The minimum absolute atomic E-state index is 0.00874. The van der Waals surface area contributed by atoms with Gasteiger partial charge in [0.1, 0.15) is 6.10 Å². The number of allylic oxidation sites excluding steroid dienone is 2. The third-order valence-corrected chi connectivity index (χ3v) is 11.2. The molecular weight excluding hydrogens is 542 g/mol. The van der Waals surface area contributed by atoms with Crippen LogP contribution in [-0.2, 0) is 14.4 Å². The molecule has 1 aromatic rings. The Labute approximate surface area is 245 Å². The number of carbonyl (C=O) groups is 2. The molecule has 4 N–H and O–H groups in total. The maximum absolute atomic E-state index is 12.5. The largest absolute Gasteiger partial charge is 0.480 e. The molecular formula is C31H41N3O8. The highest BCUT2D eigenvalue weighted by atomic mass is 16.6. The van der Waals surface area contributed by atoms with Gasteiger partial charge in [-0.05, 0) is 98.5 Å². The Morgan fingerprint density at radius 3 is 2.60 bits per heavy atom. The molecule has 8 atom stereocenters. The number of nitrogens with one attached hydrogen (secondary N) is 1. The van der Waals surface area contributed by atoms with Gasteiger partial charge in [0.05, 0.1) is 16.2 Å². The zero-order valence-corrected chi connectivity index (χ0v) is 24.4. The van der Waals surface area contributed by atoms with E-state index in [1.54, 1.807) is 0 Å². The topological polar surface area (TPSA) is 172 Å². The lowest BCUT2D eigenvalue weighted by Gasteiger charge is -2.59. The van der Waals surface area contributed by atoms with Gasteiger partial charge in [0, 0.05) is 12.1 Å². The Kier molecular flexibility index (Phi) is 7.95. The molecule has 0 radical (unpaired) electrons. The van der Waals surface area contributed by atoms with Gasteiger partial charge in [-0.3, -0.25) is 14.9 Å². The fourth-order valence-corrected chi connectivity index (χ4v) is 8.57. The van der Waals surface area contributed by atoms with E-state index in [-0.39, 0.29) is 22.1 Å². The standard InChI is InChI=1S/C31H41N3O8/c1-29-12-9-20(16-19(29)7-8-22-23(29)10-13-30(2)24(22)11-14-31(30,3)39)33-42-17-25(35)32-26(28(37)38)27(36)18-5-4-6-21(15-18)34(40)41/h4-6,15-16,22-24,26-27,36,39H,7-14,17H2,1-3H3,(H,32,35)(H,37,38)/b33-20-/t22-,23+,24-,26+,27-,29+,30+,31+/m1/s1. The number of carboxylic acids is 1. The number of non-ortho nitro benzene ring substituents is 1. The van der Waals surface area contributed by atoms with Crippen LogP contribution in [0, 0.1) is 38.7 Å². The number of rotatable bonds is 8. The minimum atomic E-state index is -1.73. The average molecular weight is 584 g/mol. The number of oxime groups is 1. The summed E-state index contributed by atoms with van der Waals surface area (Å²) in [5.41, 5.74) is 1.25. The fourth-order valence-electron chi connectivity index (χ4n) is 8.57. The molecule has 42 heavy (non-hydrogen) atoms. The molecule has 3 saturated carbocycles. The van der Waals surface area contributed by atoms with Crippen LogP contribution >= 0.6 is 0 Å². The summed E-state index contributed by atoms with van der Waals surface area (Å²) in [6, 6.07) is 3.24. The maximum atomic E-state index is 12.5. The number of fused-ring (bicyclic) bond motifs is 5. The van der Waals surface area contributed by atoms with Gasteiger partial charge in [0.25, 0.3) is 11.6 Å². The van der Waals surface area contributed by atoms with Gasteiger partial charge in [0.2, 0.25) is 0 Å². The number of aliphatic hydroxyl groups is 2. The quantitative estimate of drug-likeness (QED) is 0.259. The van der Waals surface area contributed by atoms with Gasteiger partial charge in [-0.2, -0.15) is 0 Å². The first kappa shape index (κ1) is 30.2. The molecule has 4 aliphatic carbocycles. The lowest BCUT2D eigenvalue weighted by atomic mass is 9.46. The Morgan fingerprint density at radius 2 is 1.88 bits per heavy atom. The van der Waals surface area contributed by atoms with E-state index >= 15 is 0 Å². The summed E-state index contributed by atoms with van der Waals surface area (Å²) in [7, 11) is 0. The van der Waals surface area contributed by atoms with Gasteiger partial charge < -0.3 is 25.5 Å². The van der Waals surface area contributed by atoms with Crippen molar-refractivity contribution in [3.05, 3.63) is 51.6 Å². The van der Waals surface area contributed by atoms with E-state index in [1.807, 2.05) is 6.92 Å². The van der Waals surface area contributed by atoms with Crippen molar-refractivity contribution in [2.24, 2.45) is 33.7 Å². The Bertz CT molecular complexity index is 1320. The molecule has 1 aromatic carbocycles. The van der Waals surface area contributed by atoms with E-state index < -0.39 is 41.2 Å². The fraction of sp³-hybridized carbons (Fsp3) is 0.645. The van der Waals surface area contributed by atoms with E-state index in [9.17, 15) is 35.0 Å². The van der Waals surface area contributed by atoms with Crippen LogP contribution in [0.25, 0.3) is 0 Å². The molecule has 0 saturated heterocycles. The van der Waals surface area contributed by atoms with E-state index in [4.69, 9.17) is 4.84 Å². The van der Waals surface area contributed by atoms with Crippen molar-refractivity contribution in [3.8, 4) is 0 Å². The monoisotopic (exact) mass is 583 g/mol. The van der Waals surface area contributed by atoms with E-state index in [0.717, 1.165) is 56.7 Å². The molecule has 0 heterocycles. The van der Waals surface area contributed by atoms with Crippen LogP contribution in [0.3, 0.4) is 0 Å². The minimum Gasteiger partial charge on any atom is -0.480 e. The van der Waals surface area contributed by atoms with Crippen molar-refractivity contribution in [1.29, 1.82) is 0 Å². The molecule has 5 rings (SSSR count). The molecule has 11 heteroatoms. The van der Waals surface area contributed by atoms with Crippen LogP contribution in [0.15, 0.2) is 41.1 Å².